The van der Waals surface area contributed by atoms with Crippen LogP contribution in [-0.4, -0.2) is 105 Å². The lowest BCUT2D eigenvalue weighted by Gasteiger charge is -2.59. The number of likely N-dealkylation sites (tertiary alicyclic amines) is 1. The van der Waals surface area contributed by atoms with Crippen LogP contribution in [0.15, 0.2) is 43.0 Å². The molecule has 0 bridgehead atoms. The van der Waals surface area contributed by atoms with E-state index in [1.54, 1.807) is 16.0 Å². The number of fused-ring (bicyclic) bond motifs is 1. The molecule has 278 valence electrons. The molecule has 4 aliphatic rings. The molecular weight excluding hydrogens is 665 g/mol. The molecule has 12 nitrogen and oxygen atoms in total. The second-order valence-electron chi connectivity index (χ2n) is 16.1. The molecule has 7 rings (SSSR count). The molecule has 13 heteroatoms. The van der Waals surface area contributed by atoms with Crippen molar-refractivity contribution in [2.24, 2.45) is 11.3 Å². The highest BCUT2D eigenvalue weighted by Crippen LogP contribution is 2.52. The third-order valence-electron chi connectivity index (χ3n) is 10.5. The van der Waals surface area contributed by atoms with E-state index in [1.807, 2.05) is 53.8 Å². The van der Waals surface area contributed by atoms with Gasteiger partial charge in [0.25, 0.3) is 5.91 Å². The fourth-order valence-electron chi connectivity index (χ4n) is 7.99. The highest BCUT2D eigenvalue weighted by atomic mass is 19.1. The zero-order valence-corrected chi connectivity index (χ0v) is 31.1. The summed E-state index contributed by atoms with van der Waals surface area (Å²) in [5, 5.41) is 0. The second-order valence-corrected chi connectivity index (χ2v) is 16.1. The average molecular weight is 716 g/mol. The van der Waals surface area contributed by atoms with E-state index in [0.29, 0.717) is 24.0 Å². The lowest BCUT2D eigenvalue weighted by Crippen LogP contribution is -2.65. The lowest BCUT2D eigenvalue weighted by atomic mass is 9.61. The van der Waals surface area contributed by atoms with Gasteiger partial charge in [-0.05, 0) is 78.6 Å². The van der Waals surface area contributed by atoms with Crippen molar-refractivity contribution in [1.29, 1.82) is 0 Å². The first-order chi connectivity index (χ1) is 24.8. The van der Waals surface area contributed by atoms with Gasteiger partial charge in [0.05, 0.1) is 11.8 Å². The topological polar surface area (TPSA) is 113 Å². The van der Waals surface area contributed by atoms with E-state index < -0.39 is 11.4 Å². The molecule has 5 heterocycles. The van der Waals surface area contributed by atoms with Gasteiger partial charge in [-0.1, -0.05) is 0 Å². The van der Waals surface area contributed by atoms with Gasteiger partial charge in [0.1, 0.15) is 35.3 Å². The first-order valence-electron chi connectivity index (χ1n) is 18.5. The summed E-state index contributed by atoms with van der Waals surface area (Å²) in [5.41, 5.74) is 2.09. The third-order valence-corrected chi connectivity index (χ3v) is 10.5. The quantitative estimate of drug-likeness (QED) is 0.250. The molecule has 3 aromatic rings. The van der Waals surface area contributed by atoms with Crippen LogP contribution in [0.3, 0.4) is 0 Å². The number of carbonyl (C=O) groups is 2. The molecule has 2 saturated heterocycles. The summed E-state index contributed by atoms with van der Waals surface area (Å²) in [6.45, 7) is 17.6. The molecule has 3 aliphatic heterocycles. The molecule has 1 saturated carbocycles. The van der Waals surface area contributed by atoms with Gasteiger partial charge < -0.3 is 28.9 Å². The molecule has 0 N–H and O–H groups in total. The van der Waals surface area contributed by atoms with Gasteiger partial charge in [-0.25, -0.2) is 19.2 Å². The summed E-state index contributed by atoms with van der Waals surface area (Å²) >= 11 is 0. The molecule has 0 atom stereocenters. The van der Waals surface area contributed by atoms with Crippen LogP contribution in [0.1, 0.15) is 76.0 Å². The zero-order valence-electron chi connectivity index (χ0n) is 31.1. The monoisotopic (exact) mass is 715 g/mol. The number of ether oxygens (including phenoxy) is 3. The van der Waals surface area contributed by atoms with Crippen molar-refractivity contribution in [2.45, 2.75) is 85.1 Å². The average Bonchev–Trinajstić information content (AvgIpc) is 3.03. The number of rotatable bonds is 10. The van der Waals surface area contributed by atoms with E-state index in [9.17, 15) is 14.0 Å². The number of carbonyl (C=O) groups excluding carboxylic acids is 2. The molecule has 1 aromatic carbocycles. The van der Waals surface area contributed by atoms with Crippen LogP contribution in [0.2, 0.25) is 0 Å². The highest BCUT2D eigenvalue weighted by molar-refractivity contribution is 5.97. The smallest absolute Gasteiger partial charge is 0.410 e. The van der Waals surface area contributed by atoms with Crippen molar-refractivity contribution in [1.82, 2.24) is 29.7 Å². The van der Waals surface area contributed by atoms with Crippen LogP contribution in [-0.2, 0) is 17.7 Å². The maximum Gasteiger partial charge on any atom is 0.410 e. The zero-order chi connectivity index (χ0) is 36.8. The van der Waals surface area contributed by atoms with Gasteiger partial charge in [0.2, 0.25) is 0 Å². The normalized spacial score (nSPS) is 18.7. The fourth-order valence-corrected chi connectivity index (χ4v) is 7.99. The van der Waals surface area contributed by atoms with E-state index in [0.717, 1.165) is 76.5 Å². The molecule has 0 unspecified atom stereocenters. The number of benzene rings is 1. The van der Waals surface area contributed by atoms with Crippen LogP contribution < -0.4 is 14.4 Å². The summed E-state index contributed by atoms with van der Waals surface area (Å²) in [6.07, 6.45) is 7.58. The predicted molar refractivity (Wildman–Crippen MR) is 193 cm³/mol. The van der Waals surface area contributed by atoms with Gasteiger partial charge >= 0.3 is 6.09 Å². The van der Waals surface area contributed by atoms with Crippen LogP contribution in [0.25, 0.3) is 0 Å². The number of nitrogens with zero attached hydrogens (tertiary/aromatic N) is 7. The van der Waals surface area contributed by atoms with E-state index >= 15 is 0 Å². The summed E-state index contributed by atoms with van der Waals surface area (Å²) in [7, 11) is 0. The Morgan fingerprint density at radius 3 is 2.56 bits per heavy atom. The minimum Gasteiger partial charge on any atom is -0.490 e. The van der Waals surface area contributed by atoms with E-state index in [4.69, 9.17) is 14.2 Å². The van der Waals surface area contributed by atoms with Gasteiger partial charge in [-0.3, -0.25) is 14.7 Å². The summed E-state index contributed by atoms with van der Waals surface area (Å²) in [6, 6.07) is 5.96. The van der Waals surface area contributed by atoms with E-state index in [-0.39, 0.29) is 40.9 Å². The molecular formula is C39H50FN7O5. The first-order valence-corrected chi connectivity index (χ1v) is 18.5. The minimum atomic E-state index is -0.502. The Balaban J connectivity index is 0.935. The number of anilines is 1. The largest absolute Gasteiger partial charge is 0.490 e. The summed E-state index contributed by atoms with van der Waals surface area (Å²) < 4.78 is 32.7. The molecule has 0 radical (unpaired) electrons. The van der Waals surface area contributed by atoms with Crippen molar-refractivity contribution in [3.63, 3.8) is 0 Å². The molecule has 1 spiro atoms. The van der Waals surface area contributed by atoms with Crippen LogP contribution in [0.5, 0.6) is 17.2 Å². The lowest BCUT2D eigenvalue weighted by molar-refractivity contribution is -0.0354. The Hall–Kier alpha value is -4.52. The van der Waals surface area contributed by atoms with Gasteiger partial charge in [-0.2, -0.15) is 0 Å². The Kier molecular flexibility index (Phi) is 9.75. The Labute approximate surface area is 305 Å². The van der Waals surface area contributed by atoms with Crippen molar-refractivity contribution in [3.8, 4) is 17.2 Å². The van der Waals surface area contributed by atoms with Crippen LogP contribution in [0.4, 0.5) is 15.0 Å². The summed E-state index contributed by atoms with van der Waals surface area (Å²) in [4.78, 5) is 47.3. The third kappa shape index (κ3) is 7.51. The predicted octanol–water partition coefficient (Wildman–Crippen LogP) is 5.95. The van der Waals surface area contributed by atoms with Gasteiger partial charge in [0.15, 0.2) is 11.6 Å². The molecule has 1 aliphatic carbocycles. The standard InChI is InChI=1S/C39H50FN7O5/c1-7-47(25(2)3)36(48)29-14-27(40)8-9-32(29)51-34-17-41-24-43-35(34)46-22-39(23-46)15-28(16-39)50-33-10-12-42-31-11-13-44(21-30(31)33)18-26-19-45(20-26)37(49)52-38(4,5)6/h8-10,12,14,17,24-26,28H,7,11,13,15-16,18-23H2,1-6H3. The fraction of sp³-hybridized carbons (Fsp3) is 0.564. The Bertz CT molecular complexity index is 1800. The van der Waals surface area contributed by atoms with E-state index in [2.05, 4.69) is 24.8 Å². The Morgan fingerprint density at radius 1 is 1.08 bits per heavy atom. The maximum atomic E-state index is 14.3. The minimum absolute atomic E-state index is 0.0483. The van der Waals surface area contributed by atoms with Crippen molar-refractivity contribution in [3.05, 3.63) is 65.6 Å². The van der Waals surface area contributed by atoms with Gasteiger partial charge in [-0.15, -0.1) is 0 Å². The van der Waals surface area contributed by atoms with Gasteiger partial charge in [0, 0.05) is 93.6 Å². The Morgan fingerprint density at radius 2 is 1.85 bits per heavy atom. The molecule has 3 fully saturated rings. The van der Waals surface area contributed by atoms with Crippen molar-refractivity contribution >= 4 is 17.8 Å². The molecule has 2 amide bonds. The second kappa shape index (κ2) is 14.1. The molecule has 52 heavy (non-hydrogen) atoms. The van der Waals surface area contributed by atoms with Crippen molar-refractivity contribution in [2.75, 3.05) is 50.7 Å². The van der Waals surface area contributed by atoms with Crippen molar-refractivity contribution < 1.29 is 28.2 Å². The molecule has 2 aromatic heterocycles. The highest BCUT2D eigenvalue weighted by Gasteiger charge is 2.54. The number of hydrogen-bond donors (Lipinski definition) is 0. The number of amides is 2. The summed E-state index contributed by atoms with van der Waals surface area (Å²) in [5.74, 6) is 1.90. The first kappa shape index (κ1) is 35.9. The SMILES string of the molecule is CCN(C(=O)c1cc(F)ccc1Oc1cncnc1N1CC2(CC(Oc3ccnc4c3CN(CC3CN(C(=O)OC(C)(C)C)C3)CC4)C2)C1)C(C)C. The number of pyridine rings is 1. The number of halogens is 1. The number of aromatic nitrogens is 3. The van der Waals surface area contributed by atoms with E-state index in [1.165, 1.54) is 30.1 Å². The number of hydrogen-bond acceptors (Lipinski definition) is 10. The van der Waals surface area contributed by atoms with Crippen LogP contribution >= 0.6 is 0 Å². The van der Waals surface area contributed by atoms with Crippen LogP contribution in [0, 0.1) is 17.2 Å². The maximum absolute atomic E-state index is 14.3.